The number of hydrogen-bond donors (Lipinski definition) is 2. The minimum Gasteiger partial charge on any atom is -0.497 e. The third kappa shape index (κ3) is 4.79. The van der Waals surface area contributed by atoms with Gasteiger partial charge in [0.25, 0.3) is 0 Å². The molecule has 3 atom stereocenters. The summed E-state index contributed by atoms with van der Waals surface area (Å²) < 4.78 is 19.5. The van der Waals surface area contributed by atoms with E-state index in [9.17, 15) is 9.50 Å². The number of aliphatic hydroxyl groups is 1. The Morgan fingerprint density at radius 2 is 1.96 bits per heavy atom. The zero-order valence-corrected chi connectivity index (χ0v) is 16.5. The van der Waals surface area contributed by atoms with Gasteiger partial charge in [-0.2, -0.15) is 0 Å². The second-order valence-corrected chi connectivity index (χ2v) is 7.30. The lowest BCUT2D eigenvalue weighted by Crippen LogP contribution is -2.32. The van der Waals surface area contributed by atoms with Crippen molar-refractivity contribution in [3.8, 4) is 5.75 Å². The molecule has 3 rings (SSSR count). The lowest BCUT2D eigenvalue weighted by molar-refractivity contribution is 0.151. The first-order valence-electron chi connectivity index (χ1n) is 9.72. The molecule has 0 aromatic heterocycles. The molecule has 0 unspecified atom stereocenters. The van der Waals surface area contributed by atoms with Gasteiger partial charge in [0.2, 0.25) is 0 Å². The molecule has 0 spiro atoms. The quantitative estimate of drug-likeness (QED) is 0.684. The van der Waals surface area contributed by atoms with Crippen molar-refractivity contribution in [3.05, 3.63) is 71.6 Å². The first-order chi connectivity index (χ1) is 13.6. The molecule has 0 radical (unpaired) electrons. The summed E-state index contributed by atoms with van der Waals surface area (Å²) in [6.45, 7) is 1.60. The summed E-state index contributed by atoms with van der Waals surface area (Å²) in [5, 5.41) is 13.1. The molecule has 2 N–H and O–H groups in total. The van der Waals surface area contributed by atoms with Crippen LogP contribution in [0.3, 0.4) is 0 Å². The van der Waals surface area contributed by atoms with Crippen LogP contribution < -0.4 is 10.1 Å². The van der Waals surface area contributed by atoms with Gasteiger partial charge in [0.1, 0.15) is 11.6 Å². The molecule has 0 amide bonds. The Morgan fingerprint density at radius 3 is 2.64 bits per heavy atom. The fraction of sp³-hybridized carbons (Fsp3) is 0.391. The van der Waals surface area contributed by atoms with Crippen LogP contribution >= 0.6 is 0 Å². The van der Waals surface area contributed by atoms with E-state index in [1.807, 2.05) is 43.4 Å². The Kier molecular flexibility index (Phi) is 7.20. The highest BCUT2D eigenvalue weighted by molar-refractivity contribution is 5.50. The van der Waals surface area contributed by atoms with Crippen LogP contribution in [0.1, 0.15) is 23.6 Å². The number of halogens is 1. The van der Waals surface area contributed by atoms with E-state index in [2.05, 4.69) is 22.4 Å². The Balaban J connectivity index is 1.58. The van der Waals surface area contributed by atoms with Gasteiger partial charge in [0.15, 0.2) is 0 Å². The molecule has 150 valence electrons. The first kappa shape index (κ1) is 20.5. The molecular weight excluding hydrogens is 355 g/mol. The van der Waals surface area contributed by atoms with Crippen LogP contribution in [0.5, 0.6) is 5.75 Å². The van der Waals surface area contributed by atoms with E-state index in [1.165, 1.54) is 6.07 Å². The summed E-state index contributed by atoms with van der Waals surface area (Å²) in [5.41, 5.74) is 1.83. The molecule has 1 aliphatic rings. The molecule has 1 fully saturated rings. The molecule has 1 heterocycles. The number of likely N-dealkylation sites (tertiary alicyclic amines) is 1. The minimum atomic E-state index is -0.178. The second-order valence-electron chi connectivity index (χ2n) is 7.30. The lowest BCUT2D eigenvalue weighted by atomic mass is 9.92. The van der Waals surface area contributed by atoms with Crippen molar-refractivity contribution in [2.24, 2.45) is 5.92 Å². The van der Waals surface area contributed by atoms with Crippen molar-refractivity contribution >= 4 is 6.08 Å². The molecule has 1 saturated heterocycles. The number of nitrogens with zero attached hydrogens (tertiary/aromatic N) is 1. The van der Waals surface area contributed by atoms with Crippen LogP contribution in [0, 0.1) is 11.7 Å². The molecule has 2 aromatic rings. The molecule has 0 aliphatic carbocycles. The van der Waals surface area contributed by atoms with E-state index < -0.39 is 0 Å². The molecule has 0 bridgehead atoms. The third-order valence-corrected chi connectivity index (χ3v) is 5.57. The van der Waals surface area contributed by atoms with E-state index in [1.54, 1.807) is 13.2 Å². The van der Waals surface area contributed by atoms with Crippen LogP contribution in [-0.4, -0.2) is 49.9 Å². The summed E-state index contributed by atoms with van der Waals surface area (Å²) in [4.78, 5) is 2.11. The van der Waals surface area contributed by atoms with Crippen LogP contribution in [0.4, 0.5) is 4.39 Å². The number of nitrogens with one attached hydrogen (secondary N) is 1. The van der Waals surface area contributed by atoms with Crippen molar-refractivity contribution in [1.29, 1.82) is 0 Å². The van der Waals surface area contributed by atoms with Crippen molar-refractivity contribution in [2.75, 3.05) is 33.9 Å². The number of aliphatic hydroxyl groups excluding tert-OH is 1. The van der Waals surface area contributed by atoms with Crippen molar-refractivity contribution in [2.45, 2.75) is 18.5 Å². The highest BCUT2D eigenvalue weighted by atomic mass is 19.1. The number of likely N-dealkylation sites (N-methyl/N-ethyl adjacent to an activating group) is 1. The van der Waals surface area contributed by atoms with Gasteiger partial charge in [-0.25, -0.2) is 4.39 Å². The molecular formula is C23H29FN2O2. The van der Waals surface area contributed by atoms with Gasteiger partial charge in [0.05, 0.1) is 13.7 Å². The molecule has 4 nitrogen and oxygen atoms in total. The van der Waals surface area contributed by atoms with Crippen LogP contribution in [0.25, 0.3) is 6.08 Å². The lowest BCUT2D eigenvalue weighted by Gasteiger charge is -2.28. The highest BCUT2D eigenvalue weighted by Gasteiger charge is 2.40. The average molecular weight is 384 g/mol. The number of hydrogen-bond acceptors (Lipinski definition) is 4. The van der Waals surface area contributed by atoms with Gasteiger partial charge < -0.3 is 15.2 Å². The van der Waals surface area contributed by atoms with E-state index in [4.69, 9.17) is 4.74 Å². The number of rotatable bonds is 8. The van der Waals surface area contributed by atoms with Gasteiger partial charge in [-0.3, -0.25) is 4.90 Å². The van der Waals surface area contributed by atoms with Gasteiger partial charge in [-0.15, -0.1) is 0 Å². The highest BCUT2D eigenvalue weighted by Crippen LogP contribution is 2.40. The zero-order chi connectivity index (χ0) is 19.9. The molecule has 2 aromatic carbocycles. The van der Waals surface area contributed by atoms with E-state index in [0.29, 0.717) is 5.56 Å². The Morgan fingerprint density at radius 1 is 1.21 bits per heavy atom. The summed E-state index contributed by atoms with van der Waals surface area (Å²) in [6, 6.07) is 14.9. The maximum absolute atomic E-state index is 14.4. The molecule has 5 heteroatoms. The topological polar surface area (TPSA) is 44.7 Å². The van der Waals surface area contributed by atoms with Gasteiger partial charge in [0, 0.05) is 30.7 Å². The zero-order valence-electron chi connectivity index (χ0n) is 16.5. The Hall–Kier alpha value is -2.21. The van der Waals surface area contributed by atoms with E-state index >= 15 is 0 Å². The summed E-state index contributed by atoms with van der Waals surface area (Å²) >= 11 is 0. The van der Waals surface area contributed by atoms with Crippen LogP contribution in [-0.2, 0) is 0 Å². The van der Waals surface area contributed by atoms with Gasteiger partial charge >= 0.3 is 0 Å². The minimum absolute atomic E-state index is 0.0311. The first-order valence-corrected chi connectivity index (χ1v) is 9.72. The molecule has 1 aliphatic heterocycles. The normalized spacial score (nSPS) is 22.8. The standard InChI is InChI=1S/C23H29FN2O2/c1-26-19(16-27)14-18(23(26)21-7-3-4-8-22(21)24)15-25-13-5-6-17-9-11-20(28-2)12-10-17/h3-12,18-19,23,25,27H,13-16H2,1-2H3/b6-5+/t18-,19+,23-/m0/s1. The Labute approximate surface area is 166 Å². The molecule has 0 saturated carbocycles. The summed E-state index contributed by atoms with van der Waals surface area (Å²) in [6.07, 6.45) is 5.00. The van der Waals surface area contributed by atoms with Crippen molar-refractivity contribution in [1.82, 2.24) is 10.2 Å². The predicted octanol–water partition coefficient (Wildman–Crippen LogP) is 3.49. The van der Waals surface area contributed by atoms with Crippen LogP contribution in [0.15, 0.2) is 54.6 Å². The maximum Gasteiger partial charge on any atom is 0.127 e. The van der Waals surface area contributed by atoms with E-state index in [0.717, 1.165) is 30.8 Å². The summed E-state index contributed by atoms with van der Waals surface area (Å²) in [5.74, 6) is 0.911. The largest absolute Gasteiger partial charge is 0.497 e. The smallest absolute Gasteiger partial charge is 0.127 e. The Bertz CT molecular complexity index is 778. The third-order valence-electron chi connectivity index (χ3n) is 5.57. The van der Waals surface area contributed by atoms with Crippen molar-refractivity contribution < 1.29 is 14.2 Å². The number of benzene rings is 2. The van der Waals surface area contributed by atoms with Gasteiger partial charge in [-0.05, 0) is 43.1 Å². The van der Waals surface area contributed by atoms with Crippen molar-refractivity contribution in [3.63, 3.8) is 0 Å². The van der Waals surface area contributed by atoms with E-state index in [-0.39, 0.29) is 30.4 Å². The summed E-state index contributed by atoms with van der Waals surface area (Å²) in [7, 11) is 3.63. The number of ether oxygens (including phenoxy) is 1. The fourth-order valence-corrected chi connectivity index (χ4v) is 4.05. The second kappa shape index (κ2) is 9.82. The monoisotopic (exact) mass is 384 g/mol. The van der Waals surface area contributed by atoms with Crippen LogP contribution in [0.2, 0.25) is 0 Å². The predicted molar refractivity (Wildman–Crippen MR) is 111 cm³/mol. The van der Waals surface area contributed by atoms with Gasteiger partial charge in [-0.1, -0.05) is 42.5 Å². The average Bonchev–Trinajstić information content (AvgIpc) is 3.04. The fourth-order valence-electron chi connectivity index (χ4n) is 4.05. The SMILES string of the molecule is COc1ccc(/C=C/CNC[C@@H]2C[C@H](CO)N(C)[C@@H]2c2ccccc2F)cc1. The maximum atomic E-state index is 14.4. The molecule has 28 heavy (non-hydrogen) atoms. The number of methoxy groups -OCH3 is 1.